The molecule has 4 heteroatoms. The van der Waals surface area contributed by atoms with Crippen LogP contribution in [0.15, 0.2) is 54.6 Å². The summed E-state index contributed by atoms with van der Waals surface area (Å²) >= 11 is 2.22. The van der Waals surface area contributed by atoms with Crippen LogP contribution in [0.1, 0.15) is 5.56 Å². The van der Waals surface area contributed by atoms with E-state index in [9.17, 15) is 4.79 Å². The number of halogens is 1. The highest BCUT2D eigenvalue weighted by atomic mass is 127. The minimum Gasteiger partial charge on any atom is -0.484 e. The third kappa shape index (κ3) is 5.88. The third-order valence-electron chi connectivity index (χ3n) is 2.56. The maximum atomic E-state index is 11.6. The minimum atomic E-state index is -0.184. The van der Waals surface area contributed by atoms with Crippen LogP contribution in [0.4, 0.5) is 0 Å². The first-order valence-electron chi connectivity index (χ1n) is 6.43. The molecule has 0 heterocycles. The molecule has 0 bridgehead atoms. The number of nitrogens with one attached hydrogen (secondary N) is 1. The van der Waals surface area contributed by atoms with Crippen molar-refractivity contribution in [3.8, 4) is 17.6 Å². The van der Waals surface area contributed by atoms with Crippen molar-refractivity contribution in [2.24, 2.45) is 0 Å². The predicted molar refractivity (Wildman–Crippen MR) is 91.0 cm³/mol. The first-order valence-corrected chi connectivity index (χ1v) is 7.51. The van der Waals surface area contributed by atoms with Gasteiger partial charge in [-0.05, 0) is 59.0 Å². The predicted octanol–water partition coefficient (Wildman–Crippen LogP) is 2.84. The van der Waals surface area contributed by atoms with E-state index in [0.29, 0.717) is 12.3 Å². The number of hydrogen-bond donors (Lipinski definition) is 1. The molecule has 2 aromatic rings. The molecule has 0 aliphatic rings. The number of rotatable bonds is 4. The molecule has 0 aliphatic heterocycles. The first kappa shape index (κ1) is 15.4. The van der Waals surface area contributed by atoms with Crippen LogP contribution in [-0.2, 0) is 4.79 Å². The van der Waals surface area contributed by atoms with Crippen LogP contribution in [-0.4, -0.2) is 19.1 Å². The highest BCUT2D eigenvalue weighted by Gasteiger charge is 2.00. The van der Waals surface area contributed by atoms with Gasteiger partial charge < -0.3 is 10.1 Å². The van der Waals surface area contributed by atoms with E-state index in [1.54, 1.807) is 0 Å². The fourth-order valence-corrected chi connectivity index (χ4v) is 1.90. The molecule has 0 saturated carbocycles. The highest BCUT2D eigenvalue weighted by Crippen LogP contribution is 2.13. The van der Waals surface area contributed by atoms with E-state index in [1.807, 2.05) is 54.6 Å². The van der Waals surface area contributed by atoms with Gasteiger partial charge in [-0.2, -0.15) is 0 Å². The molecule has 0 atom stereocenters. The smallest absolute Gasteiger partial charge is 0.258 e. The zero-order chi connectivity index (χ0) is 14.9. The molecule has 0 fully saturated rings. The molecule has 0 saturated heterocycles. The maximum absolute atomic E-state index is 11.6. The number of ether oxygens (including phenoxy) is 1. The minimum absolute atomic E-state index is 0.00634. The zero-order valence-corrected chi connectivity index (χ0v) is 13.5. The Balaban J connectivity index is 1.71. The lowest BCUT2D eigenvalue weighted by Crippen LogP contribution is -2.29. The fourth-order valence-electron chi connectivity index (χ4n) is 1.54. The second kappa shape index (κ2) is 8.32. The van der Waals surface area contributed by atoms with Crippen molar-refractivity contribution in [3.05, 3.63) is 63.7 Å². The Bertz CT molecular complexity index is 642. The fraction of sp³-hybridized carbons (Fsp3) is 0.118. The number of benzene rings is 2. The Hall–Kier alpha value is -2.00. The van der Waals surface area contributed by atoms with Crippen molar-refractivity contribution in [1.29, 1.82) is 0 Å². The van der Waals surface area contributed by atoms with Gasteiger partial charge in [0.1, 0.15) is 5.75 Å². The summed E-state index contributed by atoms with van der Waals surface area (Å²) in [6.45, 7) is 0.303. The van der Waals surface area contributed by atoms with Crippen LogP contribution in [0.25, 0.3) is 0 Å². The van der Waals surface area contributed by atoms with Gasteiger partial charge in [0, 0.05) is 9.13 Å². The van der Waals surface area contributed by atoms with Crippen molar-refractivity contribution in [1.82, 2.24) is 5.32 Å². The summed E-state index contributed by atoms with van der Waals surface area (Å²) in [4.78, 5) is 11.6. The number of carbonyl (C=O) groups excluding carboxylic acids is 1. The Morgan fingerprint density at radius 1 is 1.10 bits per heavy atom. The normalized spacial score (nSPS) is 9.38. The molecule has 1 amide bonds. The van der Waals surface area contributed by atoms with E-state index in [-0.39, 0.29) is 12.5 Å². The lowest BCUT2D eigenvalue weighted by Gasteiger charge is -2.05. The topological polar surface area (TPSA) is 38.3 Å². The molecule has 2 aromatic carbocycles. The molecule has 0 radical (unpaired) electrons. The van der Waals surface area contributed by atoms with Crippen molar-refractivity contribution in [2.75, 3.05) is 13.2 Å². The van der Waals surface area contributed by atoms with E-state index in [1.165, 1.54) is 0 Å². The first-order chi connectivity index (χ1) is 10.2. The van der Waals surface area contributed by atoms with Gasteiger partial charge in [0.05, 0.1) is 6.54 Å². The molecular weight excluding hydrogens is 377 g/mol. The molecule has 0 unspecified atom stereocenters. The Kier molecular flexibility index (Phi) is 6.10. The van der Waals surface area contributed by atoms with Gasteiger partial charge in [0.2, 0.25) is 0 Å². The Morgan fingerprint density at radius 2 is 1.81 bits per heavy atom. The molecule has 0 spiro atoms. The van der Waals surface area contributed by atoms with Crippen LogP contribution in [0.2, 0.25) is 0 Å². The quantitative estimate of drug-likeness (QED) is 0.643. The number of amides is 1. The van der Waals surface area contributed by atoms with E-state index < -0.39 is 0 Å². The monoisotopic (exact) mass is 391 g/mol. The van der Waals surface area contributed by atoms with Crippen LogP contribution in [0.3, 0.4) is 0 Å². The van der Waals surface area contributed by atoms with Gasteiger partial charge in [-0.15, -0.1) is 0 Å². The summed E-state index contributed by atoms with van der Waals surface area (Å²) in [5.74, 6) is 6.37. The van der Waals surface area contributed by atoms with E-state index in [0.717, 1.165) is 9.13 Å². The molecule has 2 rings (SSSR count). The number of hydrogen-bond acceptors (Lipinski definition) is 2. The lowest BCUT2D eigenvalue weighted by atomic mass is 10.2. The standard InChI is InChI=1S/C17H14INO2/c18-15-8-10-16(11-9-15)21-13-17(20)19-12-4-7-14-5-2-1-3-6-14/h1-3,5-6,8-11H,12-13H2,(H,19,20). The zero-order valence-electron chi connectivity index (χ0n) is 11.3. The van der Waals surface area contributed by atoms with Crippen LogP contribution >= 0.6 is 22.6 Å². The average molecular weight is 391 g/mol. The lowest BCUT2D eigenvalue weighted by molar-refractivity contribution is -0.122. The Labute approximate surface area is 137 Å². The summed E-state index contributed by atoms with van der Waals surface area (Å²) in [6, 6.07) is 17.2. The van der Waals surface area contributed by atoms with Gasteiger partial charge in [0.15, 0.2) is 6.61 Å². The second-order valence-corrected chi connectivity index (χ2v) is 5.43. The second-order valence-electron chi connectivity index (χ2n) is 4.19. The van der Waals surface area contributed by atoms with Crippen molar-refractivity contribution in [2.45, 2.75) is 0 Å². The largest absolute Gasteiger partial charge is 0.484 e. The average Bonchev–Trinajstić information content (AvgIpc) is 2.52. The van der Waals surface area contributed by atoms with Gasteiger partial charge >= 0.3 is 0 Å². The van der Waals surface area contributed by atoms with E-state index in [4.69, 9.17) is 4.74 Å². The van der Waals surface area contributed by atoms with Crippen LogP contribution < -0.4 is 10.1 Å². The Morgan fingerprint density at radius 3 is 2.52 bits per heavy atom. The SMILES string of the molecule is O=C(COc1ccc(I)cc1)NCC#Cc1ccccc1. The van der Waals surface area contributed by atoms with Gasteiger partial charge in [-0.3, -0.25) is 4.79 Å². The van der Waals surface area contributed by atoms with Gasteiger partial charge in [-0.1, -0.05) is 30.0 Å². The number of carbonyl (C=O) groups is 1. The molecule has 21 heavy (non-hydrogen) atoms. The molecular formula is C17H14INO2. The van der Waals surface area contributed by atoms with Gasteiger partial charge in [0.25, 0.3) is 5.91 Å². The van der Waals surface area contributed by atoms with Gasteiger partial charge in [-0.25, -0.2) is 0 Å². The van der Waals surface area contributed by atoms with Crippen molar-refractivity contribution < 1.29 is 9.53 Å². The molecule has 1 N–H and O–H groups in total. The molecule has 106 valence electrons. The van der Waals surface area contributed by atoms with E-state index >= 15 is 0 Å². The summed E-state index contributed by atoms with van der Waals surface area (Å²) in [5.41, 5.74) is 0.932. The van der Waals surface area contributed by atoms with Crippen LogP contribution in [0.5, 0.6) is 5.75 Å². The molecule has 0 aromatic heterocycles. The third-order valence-corrected chi connectivity index (χ3v) is 3.28. The highest BCUT2D eigenvalue weighted by molar-refractivity contribution is 14.1. The van der Waals surface area contributed by atoms with E-state index in [2.05, 4.69) is 39.7 Å². The van der Waals surface area contributed by atoms with Crippen molar-refractivity contribution >= 4 is 28.5 Å². The summed E-state index contributed by atoms with van der Waals surface area (Å²) < 4.78 is 6.50. The molecule has 3 nitrogen and oxygen atoms in total. The maximum Gasteiger partial charge on any atom is 0.258 e. The van der Waals surface area contributed by atoms with Crippen molar-refractivity contribution in [3.63, 3.8) is 0 Å². The summed E-state index contributed by atoms with van der Waals surface area (Å²) in [7, 11) is 0. The molecule has 0 aliphatic carbocycles. The summed E-state index contributed by atoms with van der Waals surface area (Å²) in [5, 5.41) is 2.70. The van der Waals surface area contributed by atoms with Crippen LogP contribution in [0, 0.1) is 15.4 Å². The summed E-state index contributed by atoms with van der Waals surface area (Å²) in [6.07, 6.45) is 0.